The molecule has 154 valence electrons. The third-order valence-corrected chi connectivity index (χ3v) is 4.43. The van der Waals surface area contributed by atoms with Crippen molar-refractivity contribution in [2.75, 3.05) is 53.1 Å². The quantitative estimate of drug-likeness (QED) is 0.236. The van der Waals surface area contributed by atoms with Crippen LogP contribution in [0.15, 0.2) is 29.3 Å². The van der Waals surface area contributed by atoms with Crippen molar-refractivity contribution in [2.24, 2.45) is 10.9 Å². The number of halogens is 1. The molecule has 0 bridgehead atoms. The molecule has 0 amide bonds. The molecule has 1 aliphatic rings. The molecular formula is C20H34IN3O3. The molecule has 0 spiro atoms. The summed E-state index contributed by atoms with van der Waals surface area (Å²) >= 11 is 0. The van der Waals surface area contributed by atoms with Gasteiger partial charge in [-0.2, -0.15) is 0 Å². The van der Waals surface area contributed by atoms with E-state index in [1.54, 1.807) is 7.11 Å². The van der Waals surface area contributed by atoms with Gasteiger partial charge in [0.2, 0.25) is 0 Å². The van der Waals surface area contributed by atoms with E-state index in [-0.39, 0.29) is 24.0 Å². The van der Waals surface area contributed by atoms with Gasteiger partial charge in [-0.05, 0) is 26.3 Å². The van der Waals surface area contributed by atoms with Crippen LogP contribution in [0.4, 0.5) is 0 Å². The number of nitrogens with zero attached hydrogens (tertiary/aromatic N) is 2. The monoisotopic (exact) mass is 491 g/mol. The van der Waals surface area contributed by atoms with Crippen molar-refractivity contribution in [2.45, 2.75) is 26.9 Å². The Labute approximate surface area is 180 Å². The Kier molecular flexibility index (Phi) is 12.4. The molecule has 7 heteroatoms. The fourth-order valence-corrected chi connectivity index (χ4v) is 3.09. The Morgan fingerprint density at radius 3 is 2.81 bits per heavy atom. The lowest BCUT2D eigenvalue weighted by Crippen LogP contribution is -2.40. The lowest BCUT2D eigenvalue weighted by atomic mass is 10.1. The number of methoxy groups -OCH3 is 1. The summed E-state index contributed by atoms with van der Waals surface area (Å²) in [7, 11) is 1.68. The second-order valence-corrected chi connectivity index (χ2v) is 6.36. The molecule has 1 aliphatic heterocycles. The van der Waals surface area contributed by atoms with Crippen molar-refractivity contribution in [3.05, 3.63) is 29.8 Å². The van der Waals surface area contributed by atoms with Gasteiger partial charge in [0, 0.05) is 37.7 Å². The van der Waals surface area contributed by atoms with E-state index >= 15 is 0 Å². The summed E-state index contributed by atoms with van der Waals surface area (Å²) < 4.78 is 16.7. The molecule has 0 radical (unpaired) electrons. The fourth-order valence-electron chi connectivity index (χ4n) is 3.09. The van der Waals surface area contributed by atoms with Crippen LogP contribution >= 0.6 is 24.0 Å². The molecule has 1 heterocycles. The highest BCUT2D eigenvalue weighted by atomic mass is 127. The normalized spacial score (nSPS) is 16.9. The fraction of sp³-hybridized carbons (Fsp3) is 0.650. The minimum atomic E-state index is 0. The Bertz CT molecular complexity index is 557. The molecule has 0 saturated carbocycles. The molecule has 1 aromatic carbocycles. The minimum absolute atomic E-state index is 0. The maximum Gasteiger partial charge on any atom is 0.194 e. The zero-order chi connectivity index (χ0) is 18.6. The predicted molar refractivity (Wildman–Crippen MR) is 120 cm³/mol. The molecule has 6 nitrogen and oxygen atoms in total. The van der Waals surface area contributed by atoms with E-state index in [0.717, 1.165) is 56.5 Å². The van der Waals surface area contributed by atoms with Gasteiger partial charge >= 0.3 is 0 Å². The van der Waals surface area contributed by atoms with Gasteiger partial charge in [-0.25, -0.2) is 0 Å². The van der Waals surface area contributed by atoms with Gasteiger partial charge in [-0.3, -0.25) is 4.99 Å². The van der Waals surface area contributed by atoms with E-state index in [9.17, 15) is 0 Å². The second-order valence-electron chi connectivity index (χ2n) is 6.36. The number of hydrogen-bond donors (Lipinski definition) is 1. The molecule has 1 atom stereocenters. The second kappa shape index (κ2) is 14.0. The first-order chi connectivity index (χ1) is 12.8. The Morgan fingerprint density at radius 2 is 2.07 bits per heavy atom. The molecule has 27 heavy (non-hydrogen) atoms. The van der Waals surface area contributed by atoms with Crippen LogP contribution in [0, 0.1) is 5.92 Å². The van der Waals surface area contributed by atoms with E-state index in [1.807, 2.05) is 31.2 Å². The number of nitrogens with one attached hydrogen (secondary N) is 1. The average Bonchev–Trinajstić information content (AvgIpc) is 3.14. The zero-order valence-corrected chi connectivity index (χ0v) is 19.1. The summed E-state index contributed by atoms with van der Waals surface area (Å²) in [6, 6.07) is 7.93. The summed E-state index contributed by atoms with van der Waals surface area (Å²) in [5.74, 6) is 2.44. The van der Waals surface area contributed by atoms with Crippen molar-refractivity contribution in [3.8, 4) is 5.75 Å². The molecule has 1 fully saturated rings. The molecule has 1 unspecified atom stereocenters. The van der Waals surface area contributed by atoms with Gasteiger partial charge in [-0.1, -0.05) is 18.2 Å². The van der Waals surface area contributed by atoms with Crippen LogP contribution in [-0.2, 0) is 16.1 Å². The van der Waals surface area contributed by atoms with Gasteiger partial charge in [-0.15, -0.1) is 24.0 Å². The van der Waals surface area contributed by atoms with Crippen LogP contribution in [0.5, 0.6) is 5.75 Å². The summed E-state index contributed by atoms with van der Waals surface area (Å²) in [6.45, 7) is 10.4. The van der Waals surface area contributed by atoms with Gasteiger partial charge in [0.1, 0.15) is 5.75 Å². The molecule has 1 saturated heterocycles. The van der Waals surface area contributed by atoms with Crippen LogP contribution in [-0.4, -0.2) is 64.0 Å². The molecular weight excluding hydrogens is 457 g/mol. The highest BCUT2D eigenvalue weighted by Crippen LogP contribution is 2.18. The number of likely N-dealkylation sites (tertiary alicyclic amines) is 1. The van der Waals surface area contributed by atoms with E-state index < -0.39 is 0 Å². The smallest absolute Gasteiger partial charge is 0.194 e. The van der Waals surface area contributed by atoms with E-state index in [1.165, 1.54) is 0 Å². The van der Waals surface area contributed by atoms with Crippen LogP contribution in [0.3, 0.4) is 0 Å². The number of rotatable bonds is 10. The van der Waals surface area contributed by atoms with E-state index in [2.05, 4.69) is 17.1 Å². The van der Waals surface area contributed by atoms with Crippen molar-refractivity contribution in [1.29, 1.82) is 0 Å². The number of para-hydroxylation sites is 1. The number of guanidine groups is 1. The van der Waals surface area contributed by atoms with Crippen molar-refractivity contribution in [3.63, 3.8) is 0 Å². The average molecular weight is 491 g/mol. The summed E-state index contributed by atoms with van der Waals surface area (Å²) in [6.07, 6.45) is 1.16. The van der Waals surface area contributed by atoms with Gasteiger partial charge < -0.3 is 24.4 Å². The first kappa shape index (κ1) is 24.0. The first-order valence-corrected chi connectivity index (χ1v) is 9.59. The highest BCUT2D eigenvalue weighted by molar-refractivity contribution is 14.0. The summed E-state index contributed by atoms with van der Waals surface area (Å²) in [5.41, 5.74) is 1.06. The lowest BCUT2D eigenvalue weighted by molar-refractivity contribution is 0.114. The maximum absolute atomic E-state index is 5.77. The number of aliphatic imine (C=N–C) groups is 1. The zero-order valence-electron chi connectivity index (χ0n) is 16.8. The molecule has 1 aromatic rings. The molecule has 0 aromatic heterocycles. The number of hydrogen-bond acceptors (Lipinski definition) is 4. The molecule has 2 rings (SSSR count). The van der Waals surface area contributed by atoms with E-state index in [4.69, 9.17) is 19.2 Å². The topological polar surface area (TPSA) is 55.3 Å². The third-order valence-electron chi connectivity index (χ3n) is 4.43. The van der Waals surface area contributed by atoms with Gasteiger partial charge in [0.15, 0.2) is 5.96 Å². The largest absolute Gasteiger partial charge is 0.496 e. The molecule has 0 aliphatic carbocycles. The molecule has 1 N–H and O–H groups in total. The van der Waals surface area contributed by atoms with Crippen molar-refractivity contribution in [1.82, 2.24) is 10.2 Å². The SMILES string of the molecule is CCNC(=NCCOCc1ccccc1OC)N1CCC(COCC)C1.I. The third kappa shape index (κ3) is 8.23. The van der Waals surface area contributed by atoms with Crippen LogP contribution in [0.1, 0.15) is 25.8 Å². The van der Waals surface area contributed by atoms with Crippen LogP contribution in [0.25, 0.3) is 0 Å². The lowest BCUT2D eigenvalue weighted by Gasteiger charge is -2.21. The van der Waals surface area contributed by atoms with Gasteiger partial charge in [0.05, 0.1) is 33.5 Å². The standard InChI is InChI=1S/C20H33N3O3.HI/c1-4-21-20(23-12-10-17(14-23)15-25-5-2)22-11-13-26-16-18-8-6-7-9-19(18)24-3;/h6-9,17H,4-5,10-16H2,1-3H3,(H,21,22);1H. The Balaban J connectivity index is 0.00000364. The number of ether oxygens (including phenoxy) is 3. The Hall–Kier alpha value is -1.06. The van der Waals surface area contributed by atoms with Crippen molar-refractivity contribution >= 4 is 29.9 Å². The summed E-state index contributed by atoms with van der Waals surface area (Å²) in [4.78, 5) is 7.05. The van der Waals surface area contributed by atoms with Crippen LogP contribution < -0.4 is 10.1 Å². The maximum atomic E-state index is 5.77. The van der Waals surface area contributed by atoms with Crippen molar-refractivity contribution < 1.29 is 14.2 Å². The highest BCUT2D eigenvalue weighted by Gasteiger charge is 2.24. The Morgan fingerprint density at radius 1 is 1.26 bits per heavy atom. The number of benzene rings is 1. The first-order valence-electron chi connectivity index (χ1n) is 9.59. The van der Waals surface area contributed by atoms with Crippen LogP contribution in [0.2, 0.25) is 0 Å². The van der Waals surface area contributed by atoms with Gasteiger partial charge in [0.25, 0.3) is 0 Å². The predicted octanol–water partition coefficient (Wildman–Crippen LogP) is 3.15. The van der Waals surface area contributed by atoms with E-state index in [0.29, 0.717) is 25.7 Å². The summed E-state index contributed by atoms with van der Waals surface area (Å²) in [5, 5.41) is 3.39. The minimum Gasteiger partial charge on any atom is -0.496 e.